The Morgan fingerprint density at radius 2 is 1.71 bits per heavy atom. The maximum absolute atomic E-state index is 3.61. The molecule has 0 amide bonds. The van der Waals surface area contributed by atoms with Crippen molar-refractivity contribution in [2.24, 2.45) is 0 Å². The van der Waals surface area contributed by atoms with Gasteiger partial charge in [-0.15, -0.1) is 0 Å². The van der Waals surface area contributed by atoms with Crippen LogP contribution in [-0.4, -0.2) is 42.9 Å². The second-order valence-corrected chi connectivity index (χ2v) is 7.75. The summed E-state index contributed by atoms with van der Waals surface area (Å²) in [5, 5.41) is 3.61. The molecule has 3 heteroatoms. The highest BCUT2D eigenvalue weighted by atomic mass is 32.2. The van der Waals surface area contributed by atoms with E-state index in [9.17, 15) is 0 Å². The molecular weight excluding hydrogens is 312 g/mol. The van der Waals surface area contributed by atoms with Crippen molar-refractivity contribution in [1.29, 1.82) is 0 Å². The number of nitrogens with zero attached hydrogens (tertiary/aromatic N) is 1. The fourth-order valence-corrected chi connectivity index (χ4v) is 3.69. The number of thioether (sulfide) groups is 1. The molecule has 0 bridgehead atoms. The van der Waals surface area contributed by atoms with E-state index in [1.54, 1.807) is 0 Å². The molecule has 1 N–H and O–H groups in total. The highest BCUT2D eigenvalue weighted by Gasteiger charge is 2.10. The molecule has 0 spiro atoms. The van der Waals surface area contributed by atoms with E-state index in [-0.39, 0.29) is 0 Å². The van der Waals surface area contributed by atoms with Crippen molar-refractivity contribution in [1.82, 2.24) is 10.2 Å². The van der Waals surface area contributed by atoms with Gasteiger partial charge in [0.1, 0.15) is 0 Å². The summed E-state index contributed by atoms with van der Waals surface area (Å²) >= 11 is 2.04. The number of benzene rings is 1. The molecule has 0 aromatic heterocycles. The Hall–Kier alpha value is -0.510. The van der Waals surface area contributed by atoms with Crippen molar-refractivity contribution >= 4 is 11.8 Å². The van der Waals surface area contributed by atoms with Gasteiger partial charge in [-0.25, -0.2) is 0 Å². The van der Waals surface area contributed by atoms with Gasteiger partial charge in [-0.1, -0.05) is 50.6 Å². The number of nitrogens with one attached hydrogen (secondary N) is 1. The van der Waals surface area contributed by atoms with E-state index in [1.807, 2.05) is 11.8 Å². The molecule has 0 radical (unpaired) electrons. The maximum atomic E-state index is 3.61. The molecule has 0 fully saturated rings. The van der Waals surface area contributed by atoms with Crippen LogP contribution in [0.1, 0.15) is 58.4 Å². The van der Waals surface area contributed by atoms with E-state index >= 15 is 0 Å². The minimum Gasteiger partial charge on any atom is -0.317 e. The second kappa shape index (κ2) is 14.8. The van der Waals surface area contributed by atoms with Gasteiger partial charge in [0.15, 0.2) is 0 Å². The van der Waals surface area contributed by atoms with Gasteiger partial charge in [-0.2, -0.15) is 11.8 Å². The van der Waals surface area contributed by atoms with Crippen molar-refractivity contribution in [3.05, 3.63) is 35.9 Å². The fraction of sp³-hybridized carbons (Fsp3) is 0.714. The molecule has 2 nitrogen and oxygen atoms in total. The van der Waals surface area contributed by atoms with Gasteiger partial charge >= 0.3 is 0 Å². The van der Waals surface area contributed by atoms with Crippen LogP contribution in [0.3, 0.4) is 0 Å². The lowest BCUT2D eigenvalue weighted by atomic mass is 10.2. The highest BCUT2D eigenvalue weighted by molar-refractivity contribution is 7.98. The van der Waals surface area contributed by atoms with Crippen LogP contribution in [0.15, 0.2) is 30.3 Å². The SMILES string of the molecule is CCCCN(CCCNCCCSCc1ccccc1)C(C)CC. The molecule has 0 saturated heterocycles. The van der Waals surface area contributed by atoms with E-state index in [2.05, 4.69) is 61.3 Å². The maximum Gasteiger partial charge on any atom is 0.0184 e. The predicted octanol–water partition coefficient (Wildman–Crippen LogP) is 5.19. The summed E-state index contributed by atoms with van der Waals surface area (Å²) in [5.41, 5.74) is 1.44. The zero-order chi connectivity index (χ0) is 17.5. The molecule has 1 atom stereocenters. The van der Waals surface area contributed by atoms with Crippen molar-refractivity contribution in [2.45, 2.75) is 64.7 Å². The number of rotatable bonds is 15. The number of hydrogen-bond donors (Lipinski definition) is 1. The topological polar surface area (TPSA) is 15.3 Å². The van der Waals surface area contributed by atoms with Crippen LogP contribution in [0.2, 0.25) is 0 Å². The van der Waals surface area contributed by atoms with Gasteiger partial charge in [0.25, 0.3) is 0 Å². The average molecular weight is 351 g/mol. The minimum absolute atomic E-state index is 0.728. The summed E-state index contributed by atoms with van der Waals surface area (Å²) in [7, 11) is 0. The van der Waals surface area contributed by atoms with E-state index in [4.69, 9.17) is 0 Å². The lowest BCUT2D eigenvalue weighted by molar-refractivity contribution is 0.198. The minimum atomic E-state index is 0.728. The third kappa shape index (κ3) is 10.4. The third-order valence-electron chi connectivity index (χ3n) is 4.57. The lowest BCUT2D eigenvalue weighted by Gasteiger charge is -2.28. The Morgan fingerprint density at radius 1 is 1.00 bits per heavy atom. The van der Waals surface area contributed by atoms with Crippen molar-refractivity contribution in [2.75, 3.05) is 31.9 Å². The van der Waals surface area contributed by atoms with E-state index < -0.39 is 0 Å². The molecular formula is C21H38N2S. The Kier molecular flexibility index (Phi) is 13.3. The van der Waals surface area contributed by atoms with Crippen molar-refractivity contribution in [3.8, 4) is 0 Å². The third-order valence-corrected chi connectivity index (χ3v) is 5.68. The van der Waals surface area contributed by atoms with Gasteiger partial charge in [-0.05, 0) is 70.1 Å². The van der Waals surface area contributed by atoms with Crippen LogP contribution in [0, 0.1) is 0 Å². The standard InChI is InChI=1S/C21H38N2S/c1-4-6-16-23(20(3)5-2)17-10-14-22-15-11-18-24-19-21-12-8-7-9-13-21/h7-9,12-13,20,22H,4-6,10-11,14-19H2,1-3H3. The summed E-state index contributed by atoms with van der Waals surface area (Å²) in [6.45, 7) is 11.8. The number of hydrogen-bond acceptors (Lipinski definition) is 3. The summed E-state index contributed by atoms with van der Waals surface area (Å²) < 4.78 is 0. The molecule has 1 aromatic rings. The molecule has 0 aliphatic heterocycles. The average Bonchev–Trinajstić information content (AvgIpc) is 2.63. The summed E-state index contributed by atoms with van der Waals surface area (Å²) in [6.07, 6.45) is 6.42. The lowest BCUT2D eigenvalue weighted by Crippen LogP contribution is -2.35. The second-order valence-electron chi connectivity index (χ2n) is 6.64. The predicted molar refractivity (Wildman–Crippen MR) is 111 cm³/mol. The van der Waals surface area contributed by atoms with Gasteiger partial charge in [0, 0.05) is 11.8 Å². The van der Waals surface area contributed by atoms with Crippen LogP contribution in [0.5, 0.6) is 0 Å². The van der Waals surface area contributed by atoms with Gasteiger partial charge in [-0.3, -0.25) is 0 Å². The van der Waals surface area contributed by atoms with Crippen LogP contribution >= 0.6 is 11.8 Å². The Balaban J connectivity index is 1.96. The fourth-order valence-electron chi connectivity index (χ4n) is 2.77. The van der Waals surface area contributed by atoms with Crippen molar-refractivity contribution in [3.63, 3.8) is 0 Å². The first-order valence-electron chi connectivity index (χ1n) is 9.84. The smallest absolute Gasteiger partial charge is 0.0184 e. The zero-order valence-corrected chi connectivity index (χ0v) is 16.9. The first-order valence-corrected chi connectivity index (χ1v) is 11.0. The van der Waals surface area contributed by atoms with Gasteiger partial charge in [0.2, 0.25) is 0 Å². The molecule has 1 unspecified atom stereocenters. The molecule has 1 aromatic carbocycles. The molecule has 0 heterocycles. The Labute approximate surface area is 154 Å². The summed E-state index contributed by atoms with van der Waals surface area (Å²) in [4.78, 5) is 2.67. The quantitative estimate of drug-likeness (QED) is 0.438. The molecule has 138 valence electrons. The van der Waals surface area contributed by atoms with Crippen LogP contribution in [0.25, 0.3) is 0 Å². The van der Waals surface area contributed by atoms with E-state index in [1.165, 1.54) is 56.5 Å². The van der Waals surface area contributed by atoms with Crippen molar-refractivity contribution < 1.29 is 0 Å². The molecule has 0 saturated carbocycles. The molecule has 0 aliphatic carbocycles. The van der Waals surface area contributed by atoms with Gasteiger partial charge < -0.3 is 10.2 Å². The Morgan fingerprint density at radius 3 is 2.42 bits per heavy atom. The number of unbranched alkanes of at least 4 members (excludes halogenated alkanes) is 1. The largest absolute Gasteiger partial charge is 0.317 e. The highest BCUT2D eigenvalue weighted by Crippen LogP contribution is 2.12. The van der Waals surface area contributed by atoms with E-state index in [0.29, 0.717) is 0 Å². The summed E-state index contributed by atoms with van der Waals surface area (Å²) in [6, 6.07) is 11.5. The monoisotopic (exact) mass is 350 g/mol. The van der Waals surface area contributed by atoms with Crippen LogP contribution in [-0.2, 0) is 5.75 Å². The van der Waals surface area contributed by atoms with Crippen LogP contribution < -0.4 is 5.32 Å². The normalized spacial score (nSPS) is 12.7. The molecule has 0 aliphatic rings. The first-order chi connectivity index (χ1) is 11.8. The Bertz CT molecular complexity index is 383. The molecule has 1 rings (SSSR count). The summed E-state index contributed by atoms with van der Waals surface area (Å²) in [5.74, 6) is 2.39. The molecule has 24 heavy (non-hydrogen) atoms. The van der Waals surface area contributed by atoms with Crippen LogP contribution in [0.4, 0.5) is 0 Å². The zero-order valence-electron chi connectivity index (χ0n) is 16.1. The van der Waals surface area contributed by atoms with Gasteiger partial charge in [0.05, 0.1) is 0 Å². The van der Waals surface area contributed by atoms with E-state index in [0.717, 1.165) is 24.9 Å². The first kappa shape index (κ1) is 21.5.